The molecule has 0 aliphatic carbocycles. The van der Waals surface area contributed by atoms with Crippen LogP contribution in [0.15, 0.2) is 88.9 Å². The first-order chi connectivity index (χ1) is 16.9. The second-order valence-corrected chi connectivity index (χ2v) is 10.7. The maximum Gasteiger partial charge on any atom is 0.276 e. The molecule has 0 heterocycles. The fraction of sp³-hybridized carbons (Fsp3) is 0.148. The lowest BCUT2D eigenvalue weighted by Crippen LogP contribution is -2.18. The first-order valence-corrected chi connectivity index (χ1v) is 13.6. The molecule has 0 fully saturated rings. The molecule has 4 aromatic rings. The van der Waals surface area contributed by atoms with Crippen LogP contribution in [0.3, 0.4) is 0 Å². The van der Waals surface area contributed by atoms with E-state index in [1.165, 1.54) is 6.21 Å². The second-order valence-electron chi connectivity index (χ2n) is 7.86. The third-order valence-electron chi connectivity index (χ3n) is 5.30. The van der Waals surface area contributed by atoms with Crippen LogP contribution in [-0.2, 0) is 16.6 Å². The van der Waals surface area contributed by atoms with E-state index < -0.39 is 10.0 Å². The molecule has 1 N–H and O–H groups in total. The van der Waals surface area contributed by atoms with E-state index >= 15 is 0 Å². The summed E-state index contributed by atoms with van der Waals surface area (Å²) in [5.74, 6) is 1.21. The number of rotatable bonds is 9. The molecule has 0 saturated heterocycles. The zero-order valence-corrected chi connectivity index (χ0v) is 22.3. The number of ether oxygens (including phenoxy) is 2. The molecule has 180 valence electrons. The van der Waals surface area contributed by atoms with Gasteiger partial charge in [0.15, 0.2) is 11.5 Å². The van der Waals surface area contributed by atoms with Gasteiger partial charge >= 0.3 is 0 Å². The van der Waals surface area contributed by atoms with Crippen molar-refractivity contribution in [2.75, 3.05) is 6.61 Å². The molecule has 4 rings (SSSR count). The molecule has 35 heavy (non-hydrogen) atoms. The van der Waals surface area contributed by atoms with Crippen LogP contribution in [0.1, 0.15) is 23.6 Å². The molecule has 0 aliphatic rings. The lowest BCUT2D eigenvalue weighted by Gasteiger charge is -2.15. The largest absolute Gasteiger partial charge is 0.490 e. The molecular formula is C27H25IN2O4S. The van der Waals surface area contributed by atoms with E-state index in [-0.39, 0.29) is 4.90 Å². The number of sulfonamides is 1. The van der Waals surface area contributed by atoms with Crippen LogP contribution < -0.4 is 14.3 Å². The minimum Gasteiger partial charge on any atom is -0.490 e. The normalized spacial score (nSPS) is 11.6. The highest BCUT2D eigenvalue weighted by atomic mass is 127. The van der Waals surface area contributed by atoms with Gasteiger partial charge in [-0.3, -0.25) is 0 Å². The molecule has 0 aliphatic heterocycles. The van der Waals surface area contributed by atoms with Gasteiger partial charge in [0.25, 0.3) is 10.0 Å². The van der Waals surface area contributed by atoms with Gasteiger partial charge in [-0.2, -0.15) is 13.5 Å². The Morgan fingerprint density at radius 2 is 1.71 bits per heavy atom. The number of fused-ring (bicyclic) bond motifs is 1. The zero-order valence-electron chi connectivity index (χ0n) is 19.4. The van der Waals surface area contributed by atoms with Gasteiger partial charge in [-0.15, -0.1) is 0 Å². The van der Waals surface area contributed by atoms with Crippen molar-refractivity contribution in [1.82, 2.24) is 4.83 Å². The van der Waals surface area contributed by atoms with Gasteiger partial charge < -0.3 is 9.47 Å². The number of halogens is 1. The van der Waals surface area contributed by atoms with E-state index in [1.807, 2.05) is 38.1 Å². The minimum absolute atomic E-state index is 0.155. The van der Waals surface area contributed by atoms with Crippen molar-refractivity contribution in [3.8, 4) is 11.5 Å². The Labute approximate surface area is 219 Å². The predicted molar refractivity (Wildman–Crippen MR) is 148 cm³/mol. The number of hydrogen-bond donors (Lipinski definition) is 1. The first-order valence-electron chi connectivity index (χ1n) is 11.0. The predicted octanol–water partition coefficient (Wildman–Crippen LogP) is 6.04. The smallest absolute Gasteiger partial charge is 0.276 e. The molecule has 0 saturated carbocycles. The molecule has 0 aromatic heterocycles. The maximum atomic E-state index is 12.5. The summed E-state index contributed by atoms with van der Waals surface area (Å²) in [6.07, 6.45) is 1.45. The summed E-state index contributed by atoms with van der Waals surface area (Å²) in [6.45, 7) is 4.65. The SMILES string of the molecule is CCOc1cc(/C=N\NS(=O)(=O)c2ccc(C)cc2)cc(I)c1OCc1cccc2ccccc12. The van der Waals surface area contributed by atoms with Crippen molar-refractivity contribution in [3.63, 3.8) is 0 Å². The number of aryl methyl sites for hydroxylation is 1. The molecule has 0 unspecified atom stereocenters. The van der Waals surface area contributed by atoms with E-state index in [0.29, 0.717) is 30.3 Å². The number of benzene rings is 4. The Hall–Kier alpha value is -3.11. The molecule has 0 atom stereocenters. The van der Waals surface area contributed by atoms with Gasteiger partial charge in [0.2, 0.25) is 0 Å². The molecule has 0 spiro atoms. The van der Waals surface area contributed by atoms with Gasteiger partial charge in [-0.05, 0) is 82.6 Å². The van der Waals surface area contributed by atoms with E-state index in [4.69, 9.17) is 9.47 Å². The summed E-state index contributed by atoms with van der Waals surface area (Å²) >= 11 is 2.19. The summed E-state index contributed by atoms with van der Waals surface area (Å²) < 4.78 is 37.8. The molecule has 0 bridgehead atoms. The van der Waals surface area contributed by atoms with Gasteiger partial charge in [-0.25, -0.2) is 4.83 Å². The topological polar surface area (TPSA) is 77.0 Å². The maximum absolute atomic E-state index is 12.5. The number of nitrogens with zero attached hydrogens (tertiary/aromatic N) is 1. The third-order valence-corrected chi connectivity index (χ3v) is 7.34. The molecular weight excluding hydrogens is 575 g/mol. The Balaban J connectivity index is 1.53. The van der Waals surface area contributed by atoms with Crippen molar-refractivity contribution in [2.45, 2.75) is 25.3 Å². The second kappa shape index (κ2) is 11.1. The standard InChI is InChI=1S/C27H25IN2O4S/c1-3-33-26-16-20(17-29-30-35(31,32)23-13-11-19(2)12-14-23)15-25(28)27(26)34-18-22-9-6-8-21-7-4-5-10-24(21)22/h4-17,30H,3,18H2,1-2H3/b29-17-. The van der Waals surface area contributed by atoms with E-state index in [1.54, 1.807) is 30.3 Å². The summed E-state index contributed by atoms with van der Waals surface area (Å²) in [6, 6.07) is 24.6. The highest BCUT2D eigenvalue weighted by Gasteiger charge is 2.14. The minimum atomic E-state index is -3.75. The number of hydrazone groups is 1. The quantitative estimate of drug-likeness (QED) is 0.144. The van der Waals surface area contributed by atoms with E-state index in [2.05, 4.69) is 56.8 Å². The fourth-order valence-electron chi connectivity index (χ4n) is 3.57. The highest BCUT2D eigenvalue weighted by molar-refractivity contribution is 14.1. The Morgan fingerprint density at radius 3 is 2.49 bits per heavy atom. The summed E-state index contributed by atoms with van der Waals surface area (Å²) in [5.41, 5.74) is 2.74. The van der Waals surface area contributed by atoms with E-state index in [9.17, 15) is 8.42 Å². The molecule has 0 radical (unpaired) electrons. The monoisotopic (exact) mass is 600 g/mol. The Bertz CT molecular complexity index is 1460. The van der Waals surface area contributed by atoms with Crippen molar-refractivity contribution in [1.29, 1.82) is 0 Å². The summed E-state index contributed by atoms with van der Waals surface area (Å²) in [7, 11) is -3.75. The Morgan fingerprint density at radius 1 is 0.971 bits per heavy atom. The van der Waals surface area contributed by atoms with Crippen LogP contribution in [0.25, 0.3) is 10.8 Å². The van der Waals surface area contributed by atoms with Crippen molar-refractivity contribution < 1.29 is 17.9 Å². The molecule has 8 heteroatoms. The van der Waals surface area contributed by atoms with Crippen LogP contribution >= 0.6 is 22.6 Å². The average Bonchev–Trinajstić information content (AvgIpc) is 2.84. The summed E-state index contributed by atoms with van der Waals surface area (Å²) in [4.78, 5) is 2.41. The van der Waals surface area contributed by atoms with Crippen LogP contribution in [0.4, 0.5) is 0 Å². The molecule has 0 amide bonds. The Kier molecular flexibility index (Phi) is 7.92. The number of nitrogens with one attached hydrogen (secondary N) is 1. The van der Waals surface area contributed by atoms with Gasteiger partial charge in [0.1, 0.15) is 6.61 Å². The van der Waals surface area contributed by atoms with E-state index in [0.717, 1.165) is 25.5 Å². The average molecular weight is 600 g/mol. The lowest BCUT2D eigenvalue weighted by molar-refractivity contribution is 0.268. The van der Waals surface area contributed by atoms with Crippen molar-refractivity contribution >= 4 is 49.6 Å². The molecule has 4 aromatic carbocycles. The van der Waals surface area contributed by atoms with Gasteiger partial charge in [0.05, 0.1) is 21.3 Å². The van der Waals surface area contributed by atoms with Gasteiger partial charge in [0, 0.05) is 0 Å². The first kappa shape index (κ1) is 25.0. The highest BCUT2D eigenvalue weighted by Crippen LogP contribution is 2.35. The van der Waals surface area contributed by atoms with Crippen molar-refractivity contribution in [2.24, 2.45) is 5.10 Å². The van der Waals surface area contributed by atoms with Crippen LogP contribution in [-0.4, -0.2) is 21.2 Å². The van der Waals surface area contributed by atoms with Crippen LogP contribution in [0.5, 0.6) is 11.5 Å². The van der Waals surface area contributed by atoms with Crippen molar-refractivity contribution in [3.05, 3.63) is 99.1 Å². The number of hydrogen-bond acceptors (Lipinski definition) is 5. The zero-order chi connectivity index (χ0) is 24.8. The fourth-order valence-corrected chi connectivity index (χ4v) is 5.15. The third kappa shape index (κ3) is 6.12. The van der Waals surface area contributed by atoms with Crippen LogP contribution in [0.2, 0.25) is 0 Å². The van der Waals surface area contributed by atoms with Gasteiger partial charge in [-0.1, -0.05) is 60.2 Å². The summed E-state index contributed by atoms with van der Waals surface area (Å²) in [5, 5.41) is 6.26. The van der Waals surface area contributed by atoms with Crippen LogP contribution in [0, 0.1) is 10.5 Å². The molecule has 6 nitrogen and oxygen atoms in total. The lowest BCUT2D eigenvalue weighted by atomic mass is 10.1.